The maximum atomic E-state index is 12.9. The van der Waals surface area contributed by atoms with Gasteiger partial charge < -0.3 is 5.11 Å². The maximum absolute atomic E-state index is 12.9. The summed E-state index contributed by atoms with van der Waals surface area (Å²) in [6.45, 7) is 0. The van der Waals surface area contributed by atoms with Crippen LogP contribution in [0.3, 0.4) is 0 Å². The van der Waals surface area contributed by atoms with E-state index >= 15 is 0 Å². The van der Waals surface area contributed by atoms with Crippen molar-refractivity contribution >= 4 is 23.5 Å². The van der Waals surface area contributed by atoms with Gasteiger partial charge in [0.05, 0.1) is 23.1 Å². The Morgan fingerprint density at radius 2 is 1.65 bits per heavy atom. The molecule has 1 saturated heterocycles. The fourth-order valence-electron chi connectivity index (χ4n) is 4.99. The fourth-order valence-corrected chi connectivity index (χ4v) is 4.99. The Hall–Kier alpha value is -2.43. The number of carboxylic acid groups (broad SMARTS) is 1. The highest BCUT2D eigenvalue weighted by Gasteiger charge is 2.67. The van der Waals surface area contributed by atoms with Crippen LogP contribution in [0.25, 0.3) is 0 Å². The third-order valence-electron chi connectivity index (χ3n) is 6.01. The summed E-state index contributed by atoms with van der Waals surface area (Å²) in [5, 5.41) is 9.13. The lowest BCUT2D eigenvalue weighted by Gasteiger charge is -2.37. The van der Waals surface area contributed by atoms with E-state index in [1.54, 1.807) is 12.1 Å². The first kappa shape index (κ1) is 13.0. The summed E-state index contributed by atoms with van der Waals surface area (Å²) in [6.07, 6.45) is 5.38. The van der Waals surface area contributed by atoms with Gasteiger partial charge in [0.25, 0.3) is 0 Å². The van der Waals surface area contributed by atoms with Crippen molar-refractivity contribution in [1.29, 1.82) is 0 Å². The number of carbonyl (C=O) groups excluding carboxylic acids is 2. The zero-order chi connectivity index (χ0) is 15.9. The average molecular weight is 309 g/mol. The molecule has 1 N–H and O–H groups in total. The minimum absolute atomic E-state index is 0.0851. The summed E-state index contributed by atoms with van der Waals surface area (Å²) in [7, 11) is 0. The van der Waals surface area contributed by atoms with Gasteiger partial charge in [-0.3, -0.25) is 9.59 Å². The van der Waals surface area contributed by atoms with E-state index in [9.17, 15) is 14.4 Å². The van der Waals surface area contributed by atoms with E-state index in [4.69, 9.17) is 5.11 Å². The molecule has 5 aliphatic rings. The van der Waals surface area contributed by atoms with Crippen LogP contribution in [0.4, 0.5) is 5.69 Å². The van der Waals surface area contributed by atoms with Gasteiger partial charge in [0, 0.05) is 0 Å². The lowest BCUT2D eigenvalue weighted by molar-refractivity contribution is -0.124. The van der Waals surface area contributed by atoms with Gasteiger partial charge in [-0.05, 0) is 48.3 Å². The van der Waals surface area contributed by atoms with Crippen LogP contribution in [0.15, 0.2) is 36.4 Å². The predicted molar refractivity (Wildman–Crippen MR) is 80.6 cm³/mol. The quantitative estimate of drug-likeness (QED) is 0.669. The second kappa shape index (κ2) is 4.10. The van der Waals surface area contributed by atoms with Crippen molar-refractivity contribution in [2.75, 3.05) is 4.90 Å². The molecule has 6 atom stereocenters. The second-order valence-electron chi connectivity index (χ2n) is 7.02. The third-order valence-corrected chi connectivity index (χ3v) is 6.01. The highest BCUT2D eigenvalue weighted by atomic mass is 16.4. The lowest BCUT2D eigenvalue weighted by Crippen LogP contribution is -2.40. The minimum Gasteiger partial charge on any atom is -0.478 e. The number of allylic oxidation sites excluding steroid dienone is 2. The number of aromatic carboxylic acids is 1. The molecule has 116 valence electrons. The van der Waals surface area contributed by atoms with E-state index in [1.165, 1.54) is 17.0 Å². The topological polar surface area (TPSA) is 74.7 Å². The normalized spacial score (nSPS) is 39.4. The van der Waals surface area contributed by atoms with Gasteiger partial charge in [0.1, 0.15) is 0 Å². The SMILES string of the molecule is O=C(O)c1cccc(N2C(=O)[C@@H]3[C@@H]4C=C[C@H]([C@@H]5C[C@H]45)[C@@H]3C2=O)c1. The number of anilines is 1. The van der Waals surface area contributed by atoms with E-state index in [0.29, 0.717) is 17.5 Å². The van der Waals surface area contributed by atoms with Gasteiger partial charge in [-0.15, -0.1) is 0 Å². The van der Waals surface area contributed by atoms with Gasteiger partial charge >= 0.3 is 5.97 Å². The minimum atomic E-state index is -1.06. The zero-order valence-corrected chi connectivity index (χ0v) is 12.3. The van der Waals surface area contributed by atoms with E-state index in [1.807, 2.05) is 0 Å². The first-order valence-electron chi connectivity index (χ1n) is 7.97. The van der Waals surface area contributed by atoms with Crippen LogP contribution in [-0.4, -0.2) is 22.9 Å². The number of carbonyl (C=O) groups is 3. The molecule has 4 aliphatic carbocycles. The molecule has 1 aromatic carbocycles. The number of amides is 2. The van der Waals surface area contributed by atoms with E-state index in [2.05, 4.69) is 12.2 Å². The van der Waals surface area contributed by atoms with Crippen molar-refractivity contribution in [2.24, 2.45) is 35.5 Å². The highest BCUT2D eigenvalue weighted by molar-refractivity contribution is 6.22. The van der Waals surface area contributed by atoms with Gasteiger partial charge in [-0.1, -0.05) is 18.2 Å². The van der Waals surface area contributed by atoms with Crippen LogP contribution in [0.1, 0.15) is 16.8 Å². The largest absolute Gasteiger partial charge is 0.478 e. The molecule has 0 spiro atoms. The first-order chi connectivity index (χ1) is 11.1. The van der Waals surface area contributed by atoms with Crippen molar-refractivity contribution in [3.8, 4) is 0 Å². The van der Waals surface area contributed by atoms with E-state index < -0.39 is 5.97 Å². The number of benzene rings is 1. The van der Waals surface area contributed by atoms with Crippen LogP contribution < -0.4 is 4.90 Å². The number of hydrogen-bond donors (Lipinski definition) is 1. The Kier molecular flexibility index (Phi) is 2.33. The van der Waals surface area contributed by atoms with Crippen molar-refractivity contribution in [1.82, 2.24) is 0 Å². The number of imide groups is 1. The molecule has 0 radical (unpaired) electrons. The van der Waals surface area contributed by atoms with Crippen molar-refractivity contribution in [2.45, 2.75) is 6.42 Å². The van der Waals surface area contributed by atoms with Crippen LogP contribution in [0.2, 0.25) is 0 Å². The molecule has 2 bridgehead atoms. The number of rotatable bonds is 2. The Morgan fingerprint density at radius 3 is 2.22 bits per heavy atom. The van der Waals surface area contributed by atoms with Crippen molar-refractivity contribution in [3.63, 3.8) is 0 Å². The molecule has 5 nitrogen and oxygen atoms in total. The number of nitrogens with zero attached hydrogens (tertiary/aromatic N) is 1. The molecule has 23 heavy (non-hydrogen) atoms. The summed E-state index contributed by atoms with van der Waals surface area (Å²) in [4.78, 5) is 38.2. The molecular formula is C18H15NO4. The Balaban J connectivity index is 1.57. The Labute approximate surface area is 132 Å². The molecule has 1 heterocycles. The van der Waals surface area contributed by atoms with Gasteiger partial charge in [-0.2, -0.15) is 0 Å². The van der Waals surface area contributed by atoms with Crippen LogP contribution in [0, 0.1) is 35.5 Å². The molecule has 6 rings (SSSR count). The molecule has 3 fully saturated rings. The zero-order valence-electron chi connectivity index (χ0n) is 12.3. The van der Waals surface area contributed by atoms with Gasteiger partial charge in [0.2, 0.25) is 11.8 Å². The van der Waals surface area contributed by atoms with Gasteiger partial charge in [-0.25, -0.2) is 9.69 Å². The number of hydrogen-bond acceptors (Lipinski definition) is 3. The van der Waals surface area contributed by atoms with E-state index in [-0.39, 0.29) is 41.0 Å². The molecule has 1 aliphatic heterocycles. The van der Waals surface area contributed by atoms with Crippen molar-refractivity contribution in [3.05, 3.63) is 42.0 Å². The molecule has 1 aromatic rings. The summed E-state index contributed by atoms with van der Waals surface area (Å²) in [5.41, 5.74) is 0.462. The fraction of sp³-hybridized carbons (Fsp3) is 0.389. The van der Waals surface area contributed by atoms with E-state index in [0.717, 1.165) is 6.42 Å². The average Bonchev–Trinajstić information content (AvgIpc) is 3.32. The van der Waals surface area contributed by atoms with Crippen LogP contribution in [0.5, 0.6) is 0 Å². The lowest BCUT2D eigenvalue weighted by atomic mass is 9.63. The maximum Gasteiger partial charge on any atom is 0.335 e. The summed E-state index contributed by atoms with van der Waals surface area (Å²) < 4.78 is 0. The summed E-state index contributed by atoms with van der Waals surface area (Å²) in [5.74, 6) is -0.407. The molecule has 0 aromatic heterocycles. The molecule has 0 unspecified atom stereocenters. The Bertz CT molecular complexity index is 762. The highest BCUT2D eigenvalue weighted by Crippen LogP contribution is 2.65. The third kappa shape index (κ3) is 1.54. The monoisotopic (exact) mass is 309 g/mol. The smallest absolute Gasteiger partial charge is 0.335 e. The molecule has 2 saturated carbocycles. The molecular weight excluding hydrogens is 294 g/mol. The van der Waals surface area contributed by atoms with Crippen molar-refractivity contribution < 1.29 is 19.5 Å². The summed E-state index contributed by atoms with van der Waals surface area (Å²) >= 11 is 0. The summed E-state index contributed by atoms with van der Waals surface area (Å²) in [6, 6.07) is 6.08. The van der Waals surface area contributed by atoms with Crippen LogP contribution >= 0.6 is 0 Å². The standard InChI is InChI=1S/C18H15NO4/c20-16-14-10-4-5-11(13-7-12(10)13)15(14)17(21)19(16)9-3-1-2-8(6-9)18(22)23/h1-6,10-15H,7H2,(H,22,23)/t10-,11-,12-,13+,14-,15+/m1/s1. The predicted octanol–water partition coefficient (Wildman–Crippen LogP) is 1.94. The first-order valence-corrected chi connectivity index (χ1v) is 7.97. The number of carboxylic acids is 1. The molecule has 2 amide bonds. The van der Waals surface area contributed by atoms with Crippen LogP contribution in [-0.2, 0) is 9.59 Å². The Morgan fingerprint density at radius 1 is 1.04 bits per heavy atom. The van der Waals surface area contributed by atoms with Gasteiger partial charge in [0.15, 0.2) is 0 Å². The second-order valence-corrected chi connectivity index (χ2v) is 7.02. The molecule has 5 heteroatoms.